The highest BCUT2D eigenvalue weighted by Gasteiger charge is 2.34. The minimum absolute atomic E-state index is 0.208. The Labute approximate surface area is 150 Å². The van der Waals surface area contributed by atoms with E-state index in [0.717, 1.165) is 25.2 Å². The van der Waals surface area contributed by atoms with Crippen LogP contribution in [-0.4, -0.2) is 63.9 Å². The predicted molar refractivity (Wildman–Crippen MR) is 96.7 cm³/mol. The maximum atomic E-state index is 12.6. The summed E-state index contributed by atoms with van der Waals surface area (Å²) in [5.74, 6) is 0.804. The molecule has 0 aliphatic carbocycles. The van der Waals surface area contributed by atoms with E-state index in [4.69, 9.17) is 0 Å². The second-order valence-electron chi connectivity index (χ2n) is 7.19. The molecular formula is C18H27N3O3S. The van der Waals surface area contributed by atoms with Crippen molar-refractivity contribution in [2.45, 2.75) is 36.6 Å². The molecule has 3 fully saturated rings. The number of benzene rings is 1. The van der Waals surface area contributed by atoms with Crippen molar-refractivity contribution in [2.75, 3.05) is 33.7 Å². The maximum absolute atomic E-state index is 12.6. The largest absolute Gasteiger partial charge is 0.341 e. The third kappa shape index (κ3) is 4.22. The van der Waals surface area contributed by atoms with E-state index in [-0.39, 0.29) is 10.8 Å². The minimum Gasteiger partial charge on any atom is -0.341 e. The zero-order chi connectivity index (χ0) is 18.0. The summed E-state index contributed by atoms with van der Waals surface area (Å²) in [6, 6.07) is 7.25. The number of rotatable bonds is 5. The van der Waals surface area contributed by atoms with Crippen molar-refractivity contribution in [3.8, 4) is 0 Å². The zero-order valence-corrected chi connectivity index (χ0v) is 15.8. The molecule has 0 aromatic heterocycles. The number of hydrogen-bond acceptors (Lipinski definition) is 4. The molecule has 0 spiro atoms. The fourth-order valence-corrected chi connectivity index (χ4v) is 4.61. The van der Waals surface area contributed by atoms with Gasteiger partial charge in [-0.05, 0) is 57.0 Å². The molecule has 4 rings (SSSR count). The van der Waals surface area contributed by atoms with Crippen LogP contribution < -0.4 is 4.72 Å². The van der Waals surface area contributed by atoms with E-state index in [1.165, 1.54) is 19.9 Å². The van der Waals surface area contributed by atoms with E-state index >= 15 is 0 Å². The van der Waals surface area contributed by atoms with Crippen LogP contribution >= 0.6 is 0 Å². The third-order valence-electron chi connectivity index (χ3n) is 5.47. The monoisotopic (exact) mass is 365 g/mol. The van der Waals surface area contributed by atoms with Gasteiger partial charge >= 0.3 is 0 Å². The molecule has 0 saturated carbocycles. The molecule has 25 heavy (non-hydrogen) atoms. The first-order chi connectivity index (χ1) is 11.9. The highest BCUT2D eigenvalue weighted by molar-refractivity contribution is 7.89. The molecule has 3 aliphatic heterocycles. The summed E-state index contributed by atoms with van der Waals surface area (Å²) in [7, 11) is 0.147. The third-order valence-corrected chi connectivity index (χ3v) is 6.90. The summed E-state index contributed by atoms with van der Waals surface area (Å²) in [5, 5.41) is 0. The molecule has 3 aliphatic rings. The van der Waals surface area contributed by atoms with Gasteiger partial charge < -0.3 is 9.80 Å². The van der Waals surface area contributed by atoms with Gasteiger partial charge in [0.05, 0.1) is 4.90 Å². The Morgan fingerprint density at radius 1 is 1.16 bits per heavy atom. The fraction of sp³-hybridized carbons (Fsp3) is 0.611. The highest BCUT2D eigenvalue weighted by Crippen LogP contribution is 2.27. The number of nitrogens with zero attached hydrogens (tertiary/aromatic N) is 2. The van der Waals surface area contributed by atoms with Crippen molar-refractivity contribution in [3.63, 3.8) is 0 Å². The smallest absolute Gasteiger partial charge is 0.240 e. The van der Waals surface area contributed by atoms with Crippen LogP contribution in [0, 0.1) is 5.92 Å². The number of piperidine rings is 1. The minimum atomic E-state index is -3.41. The summed E-state index contributed by atoms with van der Waals surface area (Å²) < 4.78 is 25.8. The van der Waals surface area contributed by atoms with Gasteiger partial charge in [0.15, 0.2) is 0 Å². The molecule has 3 heterocycles. The van der Waals surface area contributed by atoms with Crippen LogP contribution in [-0.2, 0) is 21.2 Å². The molecule has 1 aromatic rings. The molecule has 1 amide bonds. The van der Waals surface area contributed by atoms with E-state index in [0.29, 0.717) is 24.8 Å². The van der Waals surface area contributed by atoms with Crippen LogP contribution in [0.25, 0.3) is 0 Å². The Bertz CT molecular complexity index is 718. The van der Waals surface area contributed by atoms with Crippen molar-refractivity contribution in [1.82, 2.24) is 14.5 Å². The first-order valence-corrected chi connectivity index (χ1v) is 10.4. The molecule has 1 N–H and O–H groups in total. The van der Waals surface area contributed by atoms with Crippen LogP contribution in [0.2, 0.25) is 0 Å². The number of carbonyl (C=O) groups excluding carboxylic acids is 1. The topological polar surface area (TPSA) is 69.7 Å². The van der Waals surface area contributed by atoms with Gasteiger partial charge in [0, 0.05) is 32.1 Å². The summed E-state index contributed by atoms with van der Waals surface area (Å²) >= 11 is 0. The fourth-order valence-electron chi connectivity index (χ4n) is 3.88. The van der Waals surface area contributed by atoms with Gasteiger partial charge in [0.1, 0.15) is 0 Å². The molecular weight excluding hydrogens is 338 g/mol. The quantitative estimate of drug-likeness (QED) is 0.848. The number of aryl methyl sites for hydroxylation is 1. The number of carbonyl (C=O) groups is 1. The lowest BCUT2D eigenvalue weighted by Gasteiger charge is -2.32. The Morgan fingerprint density at radius 2 is 1.88 bits per heavy atom. The second kappa shape index (κ2) is 7.43. The summed E-state index contributed by atoms with van der Waals surface area (Å²) in [4.78, 5) is 17.3. The Hall–Kier alpha value is -1.44. The number of likely N-dealkylation sites (N-methyl/N-ethyl adjacent to an activating group) is 1. The Kier molecular flexibility index (Phi) is 5.46. The Balaban J connectivity index is 1.57. The molecule has 1 aromatic carbocycles. The molecule has 3 saturated heterocycles. The van der Waals surface area contributed by atoms with Crippen molar-refractivity contribution in [2.24, 2.45) is 5.92 Å². The predicted octanol–water partition coefficient (Wildman–Crippen LogP) is 1.08. The van der Waals surface area contributed by atoms with Crippen LogP contribution in [0.3, 0.4) is 0 Å². The number of nitrogens with one attached hydrogen (secondary N) is 1. The van der Waals surface area contributed by atoms with E-state index in [9.17, 15) is 13.2 Å². The SMILES string of the molecule is CNS(=O)(=O)c1ccc(CCC(=O)N2C[C@@H]3CC[C@H](C2)N(C)C3)cc1. The molecule has 2 atom stereocenters. The number of fused-ring (bicyclic) bond motifs is 4. The van der Waals surface area contributed by atoms with Gasteiger partial charge in [0.2, 0.25) is 15.9 Å². The van der Waals surface area contributed by atoms with Crippen molar-refractivity contribution < 1.29 is 13.2 Å². The first-order valence-electron chi connectivity index (χ1n) is 8.89. The Morgan fingerprint density at radius 3 is 2.52 bits per heavy atom. The molecule has 138 valence electrons. The number of sulfonamides is 1. The van der Waals surface area contributed by atoms with Crippen molar-refractivity contribution in [3.05, 3.63) is 29.8 Å². The standard InChI is InChI=1S/C18H27N3O3S/c1-19-25(23,24)17-8-4-14(5-9-17)6-10-18(22)21-12-15-3-7-16(13-21)20(2)11-15/h4-5,8-9,15-16,19H,3,6-7,10-13H2,1-2H3/t15-,16-/m1/s1. The van der Waals surface area contributed by atoms with Gasteiger partial charge in [0.25, 0.3) is 0 Å². The van der Waals surface area contributed by atoms with Crippen LogP contribution in [0.1, 0.15) is 24.8 Å². The number of hydrogen-bond donors (Lipinski definition) is 1. The normalized spacial score (nSPS) is 24.3. The van der Waals surface area contributed by atoms with Crippen LogP contribution in [0.5, 0.6) is 0 Å². The van der Waals surface area contributed by atoms with Crippen LogP contribution in [0.15, 0.2) is 29.2 Å². The highest BCUT2D eigenvalue weighted by atomic mass is 32.2. The lowest BCUT2D eigenvalue weighted by Crippen LogP contribution is -2.41. The molecule has 0 unspecified atom stereocenters. The summed E-state index contributed by atoms with van der Waals surface area (Å²) in [6.07, 6.45) is 3.52. The van der Waals surface area contributed by atoms with Gasteiger partial charge in [-0.3, -0.25) is 4.79 Å². The van der Waals surface area contributed by atoms with E-state index < -0.39 is 10.0 Å². The summed E-state index contributed by atoms with van der Waals surface area (Å²) in [6.45, 7) is 2.81. The molecule has 6 nitrogen and oxygen atoms in total. The lowest BCUT2D eigenvalue weighted by molar-refractivity contribution is -0.131. The average Bonchev–Trinajstić information content (AvgIpc) is 2.91. The lowest BCUT2D eigenvalue weighted by atomic mass is 9.96. The summed E-state index contributed by atoms with van der Waals surface area (Å²) in [5.41, 5.74) is 0.985. The average molecular weight is 365 g/mol. The first kappa shape index (κ1) is 18.4. The van der Waals surface area contributed by atoms with Gasteiger partial charge in [-0.2, -0.15) is 0 Å². The molecule has 0 radical (unpaired) electrons. The maximum Gasteiger partial charge on any atom is 0.240 e. The van der Waals surface area contributed by atoms with Crippen molar-refractivity contribution in [1.29, 1.82) is 0 Å². The van der Waals surface area contributed by atoms with Crippen LogP contribution in [0.4, 0.5) is 0 Å². The van der Waals surface area contributed by atoms with E-state index in [1.54, 1.807) is 24.3 Å². The van der Waals surface area contributed by atoms with Crippen molar-refractivity contribution >= 4 is 15.9 Å². The van der Waals surface area contributed by atoms with Gasteiger partial charge in [-0.1, -0.05) is 12.1 Å². The second-order valence-corrected chi connectivity index (χ2v) is 9.07. The van der Waals surface area contributed by atoms with E-state index in [1.807, 2.05) is 4.90 Å². The van der Waals surface area contributed by atoms with Gasteiger partial charge in [-0.25, -0.2) is 13.1 Å². The van der Waals surface area contributed by atoms with Gasteiger partial charge in [-0.15, -0.1) is 0 Å². The zero-order valence-electron chi connectivity index (χ0n) is 14.9. The number of amides is 1. The van der Waals surface area contributed by atoms with E-state index in [2.05, 4.69) is 16.7 Å². The molecule has 7 heteroatoms. The molecule has 2 bridgehead atoms.